The van der Waals surface area contributed by atoms with Crippen LogP contribution in [0, 0.1) is 5.92 Å². The molecule has 1 heterocycles. The minimum Gasteiger partial charge on any atom is -0.307 e. The van der Waals surface area contributed by atoms with Crippen molar-refractivity contribution in [3.05, 3.63) is 0 Å². The molecule has 0 bridgehead atoms. The molecule has 2 fully saturated rings. The molecule has 1 aliphatic carbocycles. The van der Waals surface area contributed by atoms with E-state index in [1.165, 1.54) is 44.9 Å². The smallest absolute Gasteiger partial charge is 0.152 e. The van der Waals surface area contributed by atoms with Crippen LogP contribution in [-0.2, 0) is 4.79 Å². The molecule has 2 heteroatoms. The van der Waals surface area contributed by atoms with Crippen molar-refractivity contribution < 1.29 is 4.79 Å². The minimum atomic E-state index is 0.186. The molecule has 1 saturated carbocycles. The fraction of sp³-hybridized carbons (Fsp3) is 0.929. The lowest BCUT2D eigenvalue weighted by Gasteiger charge is -2.20. The minimum absolute atomic E-state index is 0.186. The second-order valence-electron chi connectivity index (χ2n) is 5.45. The summed E-state index contributed by atoms with van der Waals surface area (Å²) in [5.41, 5.74) is 0. The van der Waals surface area contributed by atoms with Gasteiger partial charge in [0.2, 0.25) is 0 Å². The van der Waals surface area contributed by atoms with E-state index in [1.54, 1.807) is 0 Å². The molecule has 16 heavy (non-hydrogen) atoms. The summed E-state index contributed by atoms with van der Waals surface area (Å²) < 4.78 is 0. The number of ketones is 1. The van der Waals surface area contributed by atoms with Crippen molar-refractivity contribution in [3.63, 3.8) is 0 Å². The van der Waals surface area contributed by atoms with Gasteiger partial charge in [0.15, 0.2) is 5.78 Å². The Balaban J connectivity index is 1.88. The summed E-state index contributed by atoms with van der Waals surface area (Å²) in [6.07, 6.45) is 12.4. The van der Waals surface area contributed by atoms with Crippen LogP contribution >= 0.6 is 0 Å². The highest BCUT2D eigenvalue weighted by Gasteiger charge is 2.27. The van der Waals surface area contributed by atoms with Gasteiger partial charge in [-0.3, -0.25) is 4.79 Å². The fourth-order valence-electron chi connectivity index (χ4n) is 3.12. The van der Waals surface area contributed by atoms with E-state index in [2.05, 4.69) is 5.32 Å². The van der Waals surface area contributed by atoms with Gasteiger partial charge in [0.05, 0.1) is 6.04 Å². The number of rotatable bonds is 2. The Hall–Kier alpha value is -0.370. The first-order valence-corrected chi connectivity index (χ1v) is 7.15. The van der Waals surface area contributed by atoms with E-state index in [0.29, 0.717) is 11.7 Å². The molecule has 0 spiro atoms. The average molecular weight is 223 g/mol. The Kier molecular flexibility index (Phi) is 4.83. The number of hydrogen-bond donors (Lipinski definition) is 1. The molecule has 0 amide bonds. The summed E-state index contributed by atoms with van der Waals surface area (Å²) in [6, 6.07) is 0.186. The number of nitrogens with one attached hydrogen (secondary N) is 1. The first kappa shape index (κ1) is 12.1. The van der Waals surface area contributed by atoms with Crippen LogP contribution in [0.5, 0.6) is 0 Å². The van der Waals surface area contributed by atoms with E-state index < -0.39 is 0 Å². The second kappa shape index (κ2) is 6.39. The van der Waals surface area contributed by atoms with Gasteiger partial charge < -0.3 is 5.32 Å². The van der Waals surface area contributed by atoms with E-state index in [9.17, 15) is 4.79 Å². The Labute approximate surface area is 99.2 Å². The van der Waals surface area contributed by atoms with Gasteiger partial charge in [-0.2, -0.15) is 0 Å². The van der Waals surface area contributed by atoms with E-state index in [1.807, 2.05) is 0 Å². The quantitative estimate of drug-likeness (QED) is 0.729. The highest BCUT2D eigenvalue weighted by molar-refractivity contribution is 5.86. The van der Waals surface area contributed by atoms with Crippen LogP contribution in [0.15, 0.2) is 0 Å². The molecular weight excluding hydrogens is 198 g/mol. The van der Waals surface area contributed by atoms with E-state index >= 15 is 0 Å². The van der Waals surface area contributed by atoms with Gasteiger partial charge in [0.1, 0.15) is 0 Å². The number of hydrogen-bond acceptors (Lipinski definition) is 2. The van der Waals surface area contributed by atoms with Crippen LogP contribution in [-0.4, -0.2) is 18.4 Å². The average Bonchev–Trinajstić information content (AvgIpc) is 2.73. The van der Waals surface area contributed by atoms with Crippen molar-refractivity contribution in [2.75, 3.05) is 6.54 Å². The van der Waals surface area contributed by atoms with Crippen molar-refractivity contribution in [1.82, 2.24) is 5.32 Å². The fourth-order valence-corrected chi connectivity index (χ4v) is 3.12. The van der Waals surface area contributed by atoms with E-state index in [-0.39, 0.29) is 6.04 Å². The highest BCUT2D eigenvalue weighted by Crippen LogP contribution is 2.25. The van der Waals surface area contributed by atoms with Crippen LogP contribution in [0.4, 0.5) is 0 Å². The van der Waals surface area contributed by atoms with Crippen LogP contribution < -0.4 is 5.32 Å². The lowest BCUT2D eigenvalue weighted by molar-refractivity contribution is -0.125. The van der Waals surface area contributed by atoms with E-state index in [0.717, 1.165) is 25.8 Å². The van der Waals surface area contributed by atoms with Crippen LogP contribution in [0.25, 0.3) is 0 Å². The molecule has 2 aliphatic rings. The van der Waals surface area contributed by atoms with Gasteiger partial charge in [-0.15, -0.1) is 0 Å². The summed E-state index contributed by atoms with van der Waals surface area (Å²) in [5, 5.41) is 3.45. The standard InChI is InChI=1S/C14H25NO/c16-14(12-8-4-1-2-5-9-12)13-10-6-3-7-11-15-13/h12-13,15H,1-11H2. The first-order valence-electron chi connectivity index (χ1n) is 7.15. The largest absolute Gasteiger partial charge is 0.307 e. The van der Waals surface area contributed by atoms with Crippen molar-refractivity contribution >= 4 is 5.78 Å². The zero-order valence-corrected chi connectivity index (χ0v) is 10.3. The number of Topliss-reactive ketones (excluding diaryl/α,β-unsaturated/α-hetero) is 1. The normalized spacial score (nSPS) is 29.4. The second-order valence-corrected chi connectivity index (χ2v) is 5.45. The predicted octanol–water partition coefficient (Wildman–Crippen LogP) is 3.06. The van der Waals surface area contributed by atoms with Crippen molar-refractivity contribution in [3.8, 4) is 0 Å². The topological polar surface area (TPSA) is 29.1 Å². The van der Waals surface area contributed by atoms with E-state index in [4.69, 9.17) is 0 Å². The molecule has 0 radical (unpaired) electrons. The molecule has 2 rings (SSSR count). The van der Waals surface area contributed by atoms with Crippen LogP contribution in [0.2, 0.25) is 0 Å². The molecule has 0 aromatic carbocycles. The van der Waals surface area contributed by atoms with Gasteiger partial charge in [-0.1, -0.05) is 38.5 Å². The highest BCUT2D eigenvalue weighted by atomic mass is 16.1. The maximum atomic E-state index is 12.4. The van der Waals surface area contributed by atoms with Crippen LogP contribution in [0.3, 0.4) is 0 Å². The number of carbonyl (C=O) groups excluding carboxylic acids is 1. The van der Waals surface area contributed by atoms with Crippen molar-refractivity contribution in [1.29, 1.82) is 0 Å². The molecule has 0 aromatic rings. The zero-order chi connectivity index (χ0) is 11.2. The summed E-state index contributed by atoms with van der Waals surface area (Å²) >= 11 is 0. The molecule has 1 aliphatic heterocycles. The third kappa shape index (κ3) is 3.31. The van der Waals surface area contributed by atoms with Crippen LogP contribution in [0.1, 0.15) is 64.2 Å². The lowest BCUT2D eigenvalue weighted by Crippen LogP contribution is -2.39. The molecule has 1 unspecified atom stereocenters. The van der Waals surface area contributed by atoms with Crippen molar-refractivity contribution in [2.45, 2.75) is 70.3 Å². The molecular formula is C14H25NO. The van der Waals surface area contributed by atoms with Gasteiger partial charge in [-0.05, 0) is 32.2 Å². The zero-order valence-electron chi connectivity index (χ0n) is 10.3. The van der Waals surface area contributed by atoms with Gasteiger partial charge in [0.25, 0.3) is 0 Å². The first-order chi connectivity index (χ1) is 7.88. The Morgan fingerprint density at radius 1 is 0.812 bits per heavy atom. The Bertz CT molecular complexity index is 189. The lowest BCUT2D eigenvalue weighted by atomic mass is 9.89. The predicted molar refractivity (Wildman–Crippen MR) is 66.5 cm³/mol. The molecule has 1 N–H and O–H groups in total. The summed E-state index contributed by atoms with van der Waals surface area (Å²) in [6.45, 7) is 1.04. The molecule has 1 atom stereocenters. The van der Waals surface area contributed by atoms with Crippen molar-refractivity contribution in [2.24, 2.45) is 5.92 Å². The Morgan fingerprint density at radius 2 is 1.44 bits per heavy atom. The summed E-state index contributed by atoms with van der Waals surface area (Å²) in [4.78, 5) is 12.4. The third-order valence-electron chi connectivity index (χ3n) is 4.16. The summed E-state index contributed by atoms with van der Waals surface area (Å²) in [7, 11) is 0. The van der Waals surface area contributed by atoms with Gasteiger partial charge in [-0.25, -0.2) is 0 Å². The van der Waals surface area contributed by atoms with Gasteiger partial charge in [0, 0.05) is 5.92 Å². The third-order valence-corrected chi connectivity index (χ3v) is 4.16. The van der Waals surface area contributed by atoms with Gasteiger partial charge >= 0.3 is 0 Å². The maximum Gasteiger partial charge on any atom is 0.152 e. The molecule has 1 saturated heterocycles. The molecule has 2 nitrogen and oxygen atoms in total. The maximum absolute atomic E-state index is 12.4. The SMILES string of the molecule is O=C(C1CCCCCC1)C1CCCCCN1. The molecule has 0 aromatic heterocycles. The number of carbonyl (C=O) groups is 1. The summed E-state index contributed by atoms with van der Waals surface area (Å²) in [5.74, 6) is 0.905. The molecule has 92 valence electrons. The Morgan fingerprint density at radius 3 is 2.19 bits per heavy atom. The monoisotopic (exact) mass is 223 g/mol.